The fourth-order valence-corrected chi connectivity index (χ4v) is 3.50. The molecule has 0 aliphatic heterocycles. The number of carbonyl (C=O) groups excluding carboxylic acids is 2. The van der Waals surface area contributed by atoms with Crippen LogP contribution in [0.5, 0.6) is 11.6 Å². The maximum absolute atomic E-state index is 11.2. The third-order valence-electron chi connectivity index (χ3n) is 5.02. The Morgan fingerprint density at radius 3 is 2.42 bits per heavy atom. The van der Waals surface area contributed by atoms with Crippen LogP contribution in [-0.2, 0) is 25.7 Å². The number of benzene rings is 2. The number of methoxy groups -OCH3 is 1. The number of halogens is 1. The summed E-state index contributed by atoms with van der Waals surface area (Å²) in [5.41, 5.74) is 3.19. The standard InChI is InChI=1S/C26H26ClNO7.Na/c1-3-33-23(13-25(29)30)18-5-8-20(9-6-18)34-15-17-4-10-22(27)21(12-17)19-7-11-24(28-14-19)35-16-26(31)32-2;/h4-12,14,23H,3,13,15-16H2,1-2H3,(H,29,30);/q;+1/p-1/t23-;/m0./s1. The predicted octanol–water partition coefficient (Wildman–Crippen LogP) is 0.754. The third kappa shape index (κ3) is 8.80. The van der Waals surface area contributed by atoms with Crippen molar-refractivity contribution in [1.29, 1.82) is 0 Å². The maximum atomic E-state index is 11.2. The Labute approximate surface area is 236 Å². The molecule has 1 aromatic heterocycles. The zero-order valence-corrected chi connectivity index (χ0v) is 23.1. The fourth-order valence-electron chi connectivity index (χ4n) is 3.27. The van der Waals surface area contributed by atoms with Crippen LogP contribution in [0.1, 0.15) is 30.6 Å². The first-order valence-corrected chi connectivity index (χ1v) is 11.3. The number of hydrogen-bond acceptors (Lipinski definition) is 8. The van der Waals surface area contributed by atoms with E-state index in [0.29, 0.717) is 29.9 Å². The number of pyridine rings is 1. The summed E-state index contributed by atoms with van der Waals surface area (Å²) in [4.78, 5) is 26.4. The van der Waals surface area contributed by atoms with E-state index < -0.39 is 18.0 Å². The van der Waals surface area contributed by atoms with Crippen molar-refractivity contribution in [3.63, 3.8) is 0 Å². The molecule has 0 radical (unpaired) electrons. The van der Waals surface area contributed by atoms with Gasteiger partial charge < -0.3 is 28.8 Å². The quantitative estimate of drug-likeness (QED) is 0.254. The molecule has 1 atom stereocenters. The van der Waals surface area contributed by atoms with Gasteiger partial charge in [-0.2, -0.15) is 0 Å². The van der Waals surface area contributed by atoms with Gasteiger partial charge in [0.25, 0.3) is 0 Å². The van der Waals surface area contributed by atoms with E-state index in [1.165, 1.54) is 7.11 Å². The van der Waals surface area contributed by atoms with Crippen molar-refractivity contribution in [3.8, 4) is 22.8 Å². The second-order valence-electron chi connectivity index (χ2n) is 7.44. The van der Waals surface area contributed by atoms with Gasteiger partial charge in [-0.1, -0.05) is 29.8 Å². The number of carboxylic acids is 1. The van der Waals surface area contributed by atoms with Gasteiger partial charge >= 0.3 is 35.5 Å². The number of esters is 1. The van der Waals surface area contributed by atoms with Crippen molar-refractivity contribution in [3.05, 3.63) is 76.9 Å². The molecule has 0 saturated heterocycles. The Morgan fingerprint density at radius 1 is 1.06 bits per heavy atom. The van der Waals surface area contributed by atoms with Crippen LogP contribution in [0, 0.1) is 0 Å². The number of nitrogens with zero attached hydrogens (tertiary/aromatic N) is 1. The van der Waals surface area contributed by atoms with E-state index >= 15 is 0 Å². The van der Waals surface area contributed by atoms with Crippen LogP contribution in [0.4, 0.5) is 0 Å². The Morgan fingerprint density at radius 2 is 1.81 bits per heavy atom. The van der Waals surface area contributed by atoms with Gasteiger partial charge in [0.05, 0.1) is 13.2 Å². The molecule has 0 saturated carbocycles. The molecule has 8 nitrogen and oxygen atoms in total. The Balaban J connectivity index is 0.00000456. The molecule has 0 fully saturated rings. The molecule has 36 heavy (non-hydrogen) atoms. The molecule has 2 aromatic carbocycles. The van der Waals surface area contributed by atoms with Crippen LogP contribution in [0.3, 0.4) is 0 Å². The van der Waals surface area contributed by atoms with E-state index in [-0.39, 0.29) is 42.6 Å². The summed E-state index contributed by atoms with van der Waals surface area (Å²) in [6.07, 6.45) is 0.830. The van der Waals surface area contributed by atoms with Crippen LogP contribution in [0.15, 0.2) is 60.8 Å². The molecule has 3 rings (SSSR count). The van der Waals surface area contributed by atoms with Crippen molar-refractivity contribution >= 4 is 23.5 Å². The van der Waals surface area contributed by atoms with E-state index in [2.05, 4.69) is 9.72 Å². The van der Waals surface area contributed by atoms with Gasteiger partial charge in [-0.15, -0.1) is 0 Å². The normalized spacial score (nSPS) is 11.2. The minimum Gasteiger partial charge on any atom is -0.550 e. The predicted molar refractivity (Wildman–Crippen MR) is 127 cm³/mol. The number of carboxylic acid groups (broad SMARTS) is 1. The molecule has 0 spiro atoms. The zero-order valence-electron chi connectivity index (χ0n) is 20.4. The van der Waals surface area contributed by atoms with Gasteiger partial charge in [0.1, 0.15) is 12.4 Å². The van der Waals surface area contributed by atoms with Crippen molar-refractivity contribution in [2.75, 3.05) is 20.3 Å². The third-order valence-corrected chi connectivity index (χ3v) is 5.35. The molecule has 3 aromatic rings. The summed E-state index contributed by atoms with van der Waals surface area (Å²) in [5, 5.41) is 11.5. The average molecular weight is 522 g/mol. The maximum Gasteiger partial charge on any atom is 1.00 e. The van der Waals surface area contributed by atoms with E-state index in [9.17, 15) is 14.7 Å². The molecular weight excluding hydrogens is 497 g/mol. The molecule has 0 unspecified atom stereocenters. The van der Waals surface area contributed by atoms with Crippen molar-refractivity contribution in [2.45, 2.75) is 26.1 Å². The summed E-state index contributed by atoms with van der Waals surface area (Å²) in [6.45, 7) is 2.28. The molecule has 0 amide bonds. The SMILES string of the molecule is CCO[C@@H](CC(=O)[O-])c1ccc(OCc2ccc(Cl)c(-c3ccc(OCC(=O)OC)nc3)c2)cc1.[Na+]. The number of hydrogen-bond donors (Lipinski definition) is 0. The number of aliphatic carboxylic acids is 1. The zero-order chi connectivity index (χ0) is 25.2. The van der Waals surface area contributed by atoms with Crippen molar-refractivity contribution in [1.82, 2.24) is 4.98 Å². The summed E-state index contributed by atoms with van der Waals surface area (Å²) >= 11 is 6.40. The van der Waals surface area contributed by atoms with Gasteiger partial charge in [0.2, 0.25) is 5.88 Å². The first-order chi connectivity index (χ1) is 16.9. The largest absolute Gasteiger partial charge is 1.00 e. The van der Waals surface area contributed by atoms with E-state index in [0.717, 1.165) is 22.3 Å². The van der Waals surface area contributed by atoms with Crippen LogP contribution >= 0.6 is 11.6 Å². The van der Waals surface area contributed by atoms with Crippen LogP contribution in [0.2, 0.25) is 5.02 Å². The Kier molecular flexibility index (Phi) is 12.2. The van der Waals surface area contributed by atoms with E-state index in [4.69, 9.17) is 25.8 Å². The first-order valence-electron chi connectivity index (χ1n) is 10.9. The van der Waals surface area contributed by atoms with Crippen LogP contribution in [-0.4, -0.2) is 37.2 Å². The molecule has 0 bridgehead atoms. The average Bonchev–Trinajstić information content (AvgIpc) is 2.87. The van der Waals surface area contributed by atoms with Gasteiger partial charge in [-0.3, -0.25) is 0 Å². The molecule has 0 aliphatic rings. The molecule has 1 heterocycles. The van der Waals surface area contributed by atoms with Gasteiger partial charge in [-0.05, 0) is 48.4 Å². The summed E-state index contributed by atoms with van der Waals surface area (Å²) < 4.78 is 21.2. The van der Waals surface area contributed by atoms with Gasteiger partial charge in [0.15, 0.2) is 6.61 Å². The number of aromatic nitrogens is 1. The molecule has 10 heteroatoms. The van der Waals surface area contributed by atoms with Gasteiger partial charge in [0, 0.05) is 47.4 Å². The minimum absolute atomic E-state index is 0. The Hall–Kier alpha value is -2.62. The number of ether oxygens (including phenoxy) is 4. The van der Waals surface area contributed by atoms with Crippen molar-refractivity contribution < 1.29 is 63.2 Å². The Bertz CT molecular complexity index is 1140. The second kappa shape index (κ2) is 14.8. The first kappa shape index (κ1) is 29.6. The van der Waals surface area contributed by atoms with Crippen LogP contribution < -0.4 is 44.1 Å². The van der Waals surface area contributed by atoms with E-state index in [1.807, 2.05) is 19.1 Å². The fraction of sp³-hybridized carbons (Fsp3) is 0.269. The smallest absolute Gasteiger partial charge is 0.550 e. The molecule has 0 aliphatic carbocycles. The summed E-state index contributed by atoms with van der Waals surface area (Å²) in [5.74, 6) is -0.735. The number of carbonyl (C=O) groups is 2. The minimum atomic E-state index is -1.17. The molecule has 184 valence electrons. The van der Waals surface area contributed by atoms with Crippen LogP contribution in [0.25, 0.3) is 11.1 Å². The monoisotopic (exact) mass is 521 g/mol. The topological polar surface area (TPSA) is 107 Å². The number of rotatable bonds is 12. The van der Waals surface area contributed by atoms with E-state index in [1.54, 1.807) is 48.7 Å². The summed E-state index contributed by atoms with van der Waals surface area (Å²) in [7, 11) is 1.29. The molecule has 0 N–H and O–H groups in total. The van der Waals surface area contributed by atoms with Gasteiger partial charge in [-0.25, -0.2) is 9.78 Å². The second-order valence-corrected chi connectivity index (χ2v) is 7.85. The van der Waals surface area contributed by atoms with Crippen molar-refractivity contribution in [2.24, 2.45) is 0 Å². The molecular formula is C26H25ClNNaO7. The summed E-state index contributed by atoms with van der Waals surface area (Å²) in [6, 6.07) is 16.1.